The molecule has 0 amide bonds. The summed E-state index contributed by atoms with van der Waals surface area (Å²) < 4.78 is 5.66. The Balaban J connectivity index is 1.77. The van der Waals surface area contributed by atoms with Crippen LogP contribution < -0.4 is 5.32 Å². The summed E-state index contributed by atoms with van der Waals surface area (Å²) >= 11 is 3.46. The number of methoxy groups -OCH3 is 1. The van der Waals surface area contributed by atoms with Crippen LogP contribution in [0, 0.1) is 0 Å². The maximum atomic E-state index is 11.2. The van der Waals surface area contributed by atoms with E-state index >= 15 is 0 Å². The van der Waals surface area contributed by atoms with E-state index in [1.54, 1.807) is 12.1 Å². The van der Waals surface area contributed by atoms with Crippen molar-refractivity contribution >= 4 is 27.7 Å². The Labute approximate surface area is 131 Å². The van der Waals surface area contributed by atoms with E-state index in [0.717, 1.165) is 23.9 Å². The maximum Gasteiger partial charge on any atom is 0.358 e. The van der Waals surface area contributed by atoms with Crippen molar-refractivity contribution in [2.24, 2.45) is 0 Å². The molecule has 1 heterocycles. The summed E-state index contributed by atoms with van der Waals surface area (Å²) in [5.74, 6) is 0.167. The summed E-state index contributed by atoms with van der Waals surface area (Å²) in [7, 11) is 1.32. The van der Waals surface area contributed by atoms with E-state index in [2.05, 4.69) is 48.3 Å². The number of aryl methyl sites for hydroxylation is 1. The largest absolute Gasteiger partial charge is 0.464 e. The van der Waals surface area contributed by atoms with Crippen molar-refractivity contribution in [2.45, 2.75) is 12.8 Å². The van der Waals surface area contributed by atoms with E-state index in [9.17, 15) is 4.79 Å². The topological polar surface area (TPSA) is 64.1 Å². The molecule has 0 atom stereocenters. The quantitative estimate of drug-likeness (QED) is 0.641. The zero-order valence-corrected chi connectivity index (χ0v) is 13.3. The Kier molecular flexibility index (Phi) is 5.68. The first-order valence-corrected chi connectivity index (χ1v) is 7.38. The van der Waals surface area contributed by atoms with Crippen LogP contribution in [0.1, 0.15) is 22.5 Å². The summed E-state index contributed by atoms with van der Waals surface area (Å²) in [5, 5.41) is 10.9. The fraction of sp³-hybridized carbons (Fsp3) is 0.267. The Morgan fingerprint density at radius 1 is 1.29 bits per heavy atom. The summed E-state index contributed by atoms with van der Waals surface area (Å²) in [5.41, 5.74) is 1.50. The molecule has 2 aromatic rings. The van der Waals surface area contributed by atoms with Crippen molar-refractivity contribution < 1.29 is 9.53 Å². The second-order valence-corrected chi connectivity index (χ2v) is 5.37. The molecular weight excluding hydrogens is 334 g/mol. The smallest absolute Gasteiger partial charge is 0.358 e. The van der Waals surface area contributed by atoms with Crippen LogP contribution in [0.3, 0.4) is 0 Å². The fourth-order valence-corrected chi connectivity index (χ4v) is 2.29. The summed E-state index contributed by atoms with van der Waals surface area (Å²) in [6.45, 7) is 0.790. The number of carbonyl (C=O) groups excluding carboxylic acids is 1. The van der Waals surface area contributed by atoms with Crippen LogP contribution in [0.4, 0.5) is 5.82 Å². The first kappa shape index (κ1) is 15.4. The van der Waals surface area contributed by atoms with Gasteiger partial charge in [0.05, 0.1) is 7.11 Å². The van der Waals surface area contributed by atoms with Crippen molar-refractivity contribution in [3.63, 3.8) is 0 Å². The van der Waals surface area contributed by atoms with Gasteiger partial charge in [-0.2, -0.15) is 0 Å². The van der Waals surface area contributed by atoms with Gasteiger partial charge in [0.2, 0.25) is 0 Å². The lowest BCUT2D eigenvalue weighted by Gasteiger charge is -2.06. The van der Waals surface area contributed by atoms with Gasteiger partial charge in [0, 0.05) is 11.0 Å². The minimum atomic E-state index is -0.483. The number of ether oxygens (including phenoxy) is 1. The van der Waals surface area contributed by atoms with Gasteiger partial charge in [0.15, 0.2) is 5.69 Å². The number of aromatic nitrogens is 2. The monoisotopic (exact) mass is 349 g/mol. The molecule has 110 valence electrons. The van der Waals surface area contributed by atoms with Crippen molar-refractivity contribution in [3.8, 4) is 0 Å². The minimum Gasteiger partial charge on any atom is -0.464 e. The van der Waals surface area contributed by atoms with Crippen LogP contribution in [-0.2, 0) is 11.2 Å². The van der Waals surface area contributed by atoms with Crippen molar-refractivity contribution in [1.29, 1.82) is 0 Å². The third-order valence-electron chi connectivity index (χ3n) is 2.90. The van der Waals surface area contributed by atoms with Gasteiger partial charge >= 0.3 is 5.97 Å². The molecule has 0 bridgehead atoms. The molecule has 2 rings (SSSR count). The number of nitrogens with zero attached hydrogens (tertiary/aromatic N) is 2. The molecule has 6 heteroatoms. The molecule has 0 spiro atoms. The SMILES string of the molecule is COC(=O)c1ccc(NCCCc2cccc(Br)c2)nn1. The van der Waals surface area contributed by atoms with Crippen molar-refractivity contribution in [3.05, 3.63) is 52.1 Å². The molecule has 0 aliphatic heterocycles. The molecule has 0 aliphatic carbocycles. The molecular formula is C15H16BrN3O2. The lowest BCUT2D eigenvalue weighted by atomic mass is 10.1. The zero-order valence-electron chi connectivity index (χ0n) is 11.7. The lowest BCUT2D eigenvalue weighted by Crippen LogP contribution is -2.09. The number of halogens is 1. The van der Waals surface area contributed by atoms with Crippen LogP contribution in [-0.4, -0.2) is 29.8 Å². The van der Waals surface area contributed by atoms with E-state index < -0.39 is 5.97 Å². The summed E-state index contributed by atoms with van der Waals surface area (Å²) in [6.07, 6.45) is 1.97. The highest BCUT2D eigenvalue weighted by molar-refractivity contribution is 9.10. The number of anilines is 1. The Morgan fingerprint density at radius 3 is 2.81 bits per heavy atom. The van der Waals surface area contributed by atoms with Crippen LogP contribution in [0.2, 0.25) is 0 Å². The Hall–Kier alpha value is -1.95. The highest BCUT2D eigenvalue weighted by Gasteiger charge is 2.07. The molecule has 0 saturated carbocycles. The lowest BCUT2D eigenvalue weighted by molar-refractivity contribution is 0.0593. The van der Waals surface area contributed by atoms with Gasteiger partial charge in [-0.3, -0.25) is 0 Å². The minimum absolute atomic E-state index is 0.206. The van der Waals surface area contributed by atoms with Gasteiger partial charge in [-0.1, -0.05) is 28.1 Å². The number of hydrogen-bond donors (Lipinski definition) is 1. The van der Waals surface area contributed by atoms with Crippen LogP contribution in [0.15, 0.2) is 40.9 Å². The average Bonchev–Trinajstić information content (AvgIpc) is 2.51. The average molecular weight is 350 g/mol. The molecule has 21 heavy (non-hydrogen) atoms. The molecule has 5 nitrogen and oxygen atoms in total. The summed E-state index contributed by atoms with van der Waals surface area (Å²) in [4.78, 5) is 11.2. The van der Waals surface area contributed by atoms with Gasteiger partial charge < -0.3 is 10.1 Å². The zero-order chi connectivity index (χ0) is 15.1. The fourth-order valence-electron chi connectivity index (χ4n) is 1.84. The van der Waals surface area contributed by atoms with E-state index in [1.165, 1.54) is 12.7 Å². The predicted molar refractivity (Wildman–Crippen MR) is 84.3 cm³/mol. The number of hydrogen-bond acceptors (Lipinski definition) is 5. The molecule has 1 aromatic carbocycles. The molecule has 0 aliphatic rings. The van der Waals surface area contributed by atoms with Gasteiger partial charge in [-0.15, -0.1) is 10.2 Å². The van der Waals surface area contributed by atoms with Crippen molar-refractivity contribution in [2.75, 3.05) is 19.0 Å². The molecule has 0 unspecified atom stereocenters. The van der Waals surface area contributed by atoms with Crippen LogP contribution >= 0.6 is 15.9 Å². The van der Waals surface area contributed by atoms with E-state index in [-0.39, 0.29) is 5.69 Å². The first-order valence-electron chi connectivity index (χ1n) is 6.59. The second kappa shape index (κ2) is 7.73. The highest BCUT2D eigenvalue weighted by Crippen LogP contribution is 2.13. The number of carbonyl (C=O) groups is 1. The van der Waals surface area contributed by atoms with Crippen LogP contribution in [0.25, 0.3) is 0 Å². The third-order valence-corrected chi connectivity index (χ3v) is 3.39. The standard InChI is InChI=1S/C15H16BrN3O2/c1-21-15(20)13-7-8-14(19-18-13)17-9-3-5-11-4-2-6-12(16)10-11/h2,4,6-8,10H,3,5,9H2,1H3,(H,17,19). The Morgan fingerprint density at radius 2 is 2.14 bits per heavy atom. The first-order chi connectivity index (χ1) is 10.2. The molecule has 1 N–H and O–H groups in total. The van der Waals surface area contributed by atoms with Gasteiger partial charge in [-0.25, -0.2) is 4.79 Å². The number of benzene rings is 1. The van der Waals surface area contributed by atoms with Crippen LogP contribution in [0.5, 0.6) is 0 Å². The second-order valence-electron chi connectivity index (χ2n) is 4.46. The molecule has 0 saturated heterocycles. The van der Waals surface area contributed by atoms with E-state index in [4.69, 9.17) is 0 Å². The predicted octanol–water partition coefficient (Wildman–Crippen LogP) is 3.07. The van der Waals surface area contributed by atoms with E-state index in [1.807, 2.05) is 12.1 Å². The molecule has 0 radical (unpaired) electrons. The maximum absolute atomic E-state index is 11.2. The van der Waals surface area contributed by atoms with Gasteiger partial charge in [0.1, 0.15) is 5.82 Å². The molecule has 0 fully saturated rings. The normalized spacial score (nSPS) is 10.2. The number of esters is 1. The summed E-state index contributed by atoms with van der Waals surface area (Å²) in [6, 6.07) is 11.6. The van der Waals surface area contributed by atoms with E-state index in [0.29, 0.717) is 5.82 Å². The van der Waals surface area contributed by atoms with Crippen molar-refractivity contribution in [1.82, 2.24) is 10.2 Å². The highest BCUT2D eigenvalue weighted by atomic mass is 79.9. The number of nitrogens with one attached hydrogen (secondary N) is 1. The van der Waals surface area contributed by atoms with Gasteiger partial charge in [0.25, 0.3) is 0 Å². The Bertz CT molecular complexity index is 602. The molecule has 1 aromatic heterocycles. The van der Waals surface area contributed by atoms with Gasteiger partial charge in [-0.05, 0) is 42.7 Å². The third kappa shape index (κ3) is 4.82. The number of rotatable bonds is 6.